The smallest absolute Gasteiger partial charge is 0.0809 e. The van der Waals surface area contributed by atoms with Crippen LogP contribution in [0.4, 0.5) is 0 Å². The number of hydrogen-bond donors (Lipinski definition) is 3. The first-order valence-electron chi connectivity index (χ1n) is 13.8. The van der Waals surface area contributed by atoms with Gasteiger partial charge in [-0.3, -0.25) is 0 Å². The predicted octanol–water partition coefficient (Wildman–Crippen LogP) is 6.88. The van der Waals surface area contributed by atoms with Crippen molar-refractivity contribution in [1.29, 1.82) is 0 Å². The number of allylic oxidation sites excluding steroid dienone is 3. The van der Waals surface area contributed by atoms with Gasteiger partial charge in [0.1, 0.15) is 0 Å². The number of hydrogen-bond acceptors (Lipinski definition) is 3. The molecule has 3 rings (SSSR count). The Kier molecular flexibility index (Phi) is 9.08. The van der Waals surface area contributed by atoms with Crippen LogP contribution in [0.15, 0.2) is 35.5 Å². The third-order valence-electron chi connectivity index (χ3n) is 9.89. The maximum Gasteiger partial charge on any atom is 0.0809 e. The van der Waals surface area contributed by atoms with Gasteiger partial charge in [0.15, 0.2) is 0 Å². The van der Waals surface area contributed by atoms with E-state index in [1.54, 1.807) is 5.57 Å². The fourth-order valence-corrected chi connectivity index (χ4v) is 7.36. The van der Waals surface area contributed by atoms with Gasteiger partial charge in [-0.15, -0.1) is 0 Å². The minimum atomic E-state index is -0.614. The second kappa shape index (κ2) is 11.2. The zero-order valence-corrected chi connectivity index (χ0v) is 21.8. The molecule has 0 bridgehead atoms. The molecule has 33 heavy (non-hydrogen) atoms. The quantitative estimate of drug-likeness (QED) is 0.261. The van der Waals surface area contributed by atoms with Gasteiger partial charge in [0, 0.05) is 0 Å². The molecule has 0 spiro atoms. The SMILES string of the molecule is C=C1[C@H](O)CC(=C/C=C2\CCC[C@]3(C)[C@@H]([C@H](C)CCCCC(O)(CC)CC)CC[C@@H]23)C[C@H]1O. The van der Waals surface area contributed by atoms with Crippen LogP contribution in [0.1, 0.15) is 111 Å². The van der Waals surface area contributed by atoms with Crippen LogP contribution < -0.4 is 0 Å². The van der Waals surface area contributed by atoms with Crippen LogP contribution in [-0.4, -0.2) is 33.1 Å². The molecule has 3 saturated carbocycles. The van der Waals surface area contributed by atoms with Gasteiger partial charge in [-0.1, -0.05) is 76.8 Å². The minimum absolute atomic E-state index is 0.398. The molecule has 0 aromatic heterocycles. The van der Waals surface area contributed by atoms with E-state index in [-0.39, 0.29) is 0 Å². The highest BCUT2D eigenvalue weighted by atomic mass is 16.3. The molecule has 0 heterocycles. The summed E-state index contributed by atoms with van der Waals surface area (Å²) >= 11 is 0. The fourth-order valence-electron chi connectivity index (χ4n) is 7.36. The lowest BCUT2D eigenvalue weighted by molar-refractivity contribution is 0.0202. The van der Waals surface area contributed by atoms with E-state index in [2.05, 4.69) is 46.4 Å². The fraction of sp³-hybridized carbons (Fsp3) is 0.800. The molecule has 3 nitrogen and oxygen atoms in total. The standard InChI is InChI=1S/C30H50O3/c1-6-30(33,7-2)18-9-8-11-21(3)25-15-16-26-24(12-10-17-29(25,26)5)14-13-23-19-27(31)22(4)28(32)20-23/h13-14,21,25-28,31-33H,4,6-12,15-20H2,1-3,5H3/b24-14+/t21-,25-,26+,27-,28-,29-/m1/s1. The van der Waals surface area contributed by atoms with Gasteiger partial charge in [0.25, 0.3) is 0 Å². The summed E-state index contributed by atoms with van der Waals surface area (Å²) in [5.41, 5.74) is 3.24. The van der Waals surface area contributed by atoms with Crippen LogP contribution in [-0.2, 0) is 0 Å². The topological polar surface area (TPSA) is 60.7 Å². The molecule has 0 aliphatic heterocycles. The summed E-state index contributed by atoms with van der Waals surface area (Å²) in [5.74, 6) is 2.20. The van der Waals surface area contributed by atoms with Crippen molar-refractivity contribution in [3.8, 4) is 0 Å². The third-order valence-corrected chi connectivity index (χ3v) is 9.89. The second-order valence-corrected chi connectivity index (χ2v) is 11.8. The Morgan fingerprint density at radius 2 is 1.76 bits per heavy atom. The zero-order chi connectivity index (χ0) is 24.2. The zero-order valence-electron chi connectivity index (χ0n) is 21.8. The van der Waals surface area contributed by atoms with Crippen molar-refractivity contribution >= 4 is 0 Å². The highest BCUT2D eigenvalue weighted by molar-refractivity contribution is 5.29. The summed E-state index contributed by atoms with van der Waals surface area (Å²) in [5, 5.41) is 30.9. The van der Waals surface area contributed by atoms with Crippen LogP contribution in [0.3, 0.4) is 0 Å². The van der Waals surface area contributed by atoms with Gasteiger partial charge < -0.3 is 15.3 Å². The molecule has 3 aliphatic carbocycles. The molecular formula is C30H50O3. The van der Waals surface area contributed by atoms with Crippen LogP contribution >= 0.6 is 0 Å². The van der Waals surface area contributed by atoms with E-state index in [1.807, 2.05) is 0 Å². The first kappa shape index (κ1) is 26.7. The van der Waals surface area contributed by atoms with Gasteiger partial charge in [-0.05, 0) is 93.0 Å². The normalized spacial score (nSPS) is 35.1. The van der Waals surface area contributed by atoms with Crippen molar-refractivity contribution in [3.63, 3.8) is 0 Å². The van der Waals surface area contributed by atoms with Gasteiger partial charge in [0.05, 0.1) is 17.8 Å². The molecule has 0 radical (unpaired) electrons. The van der Waals surface area contributed by atoms with Gasteiger partial charge in [0.2, 0.25) is 0 Å². The molecule has 0 amide bonds. The minimum Gasteiger partial charge on any atom is -0.390 e. The van der Waals surface area contributed by atoms with Gasteiger partial charge >= 0.3 is 0 Å². The number of aliphatic hydroxyl groups is 3. The van der Waals surface area contributed by atoms with E-state index in [1.165, 1.54) is 44.9 Å². The van der Waals surface area contributed by atoms with Crippen molar-refractivity contribution in [3.05, 3.63) is 35.5 Å². The largest absolute Gasteiger partial charge is 0.390 e. The molecular weight excluding hydrogens is 408 g/mol. The maximum absolute atomic E-state index is 10.6. The average Bonchev–Trinajstić information content (AvgIpc) is 3.16. The average molecular weight is 459 g/mol. The number of fused-ring (bicyclic) bond motifs is 1. The van der Waals surface area contributed by atoms with E-state index in [4.69, 9.17) is 0 Å². The lowest BCUT2D eigenvalue weighted by atomic mass is 9.60. The number of rotatable bonds is 9. The first-order chi connectivity index (χ1) is 15.6. The van der Waals surface area contributed by atoms with Crippen LogP contribution in [0.5, 0.6) is 0 Å². The molecule has 0 unspecified atom stereocenters. The monoisotopic (exact) mass is 458 g/mol. The Labute approximate surface area is 203 Å². The summed E-state index contributed by atoms with van der Waals surface area (Å²) < 4.78 is 0. The summed E-state index contributed by atoms with van der Waals surface area (Å²) in [6.07, 6.45) is 17.3. The Balaban J connectivity index is 1.60. The highest BCUT2D eigenvalue weighted by Gasteiger charge is 2.50. The van der Waals surface area contributed by atoms with Crippen LogP contribution in [0.2, 0.25) is 0 Å². The van der Waals surface area contributed by atoms with Gasteiger partial charge in [-0.25, -0.2) is 0 Å². The maximum atomic E-state index is 10.6. The summed E-state index contributed by atoms with van der Waals surface area (Å²) in [6.45, 7) is 13.1. The summed E-state index contributed by atoms with van der Waals surface area (Å²) in [7, 11) is 0. The lowest BCUT2D eigenvalue weighted by Crippen LogP contribution is -2.36. The molecule has 3 N–H and O–H groups in total. The Morgan fingerprint density at radius 3 is 2.39 bits per heavy atom. The second-order valence-electron chi connectivity index (χ2n) is 11.8. The third kappa shape index (κ3) is 6.03. The van der Waals surface area contributed by atoms with Gasteiger partial charge in [-0.2, -0.15) is 0 Å². The predicted molar refractivity (Wildman–Crippen MR) is 138 cm³/mol. The first-order valence-corrected chi connectivity index (χ1v) is 13.8. The van der Waals surface area contributed by atoms with Crippen molar-refractivity contribution in [2.75, 3.05) is 0 Å². The Morgan fingerprint density at radius 1 is 1.09 bits per heavy atom. The van der Waals surface area contributed by atoms with E-state index < -0.39 is 17.8 Å². The Hall–Kier alpha value is -0.900. The van der Waals surface area contributed by atoms with Crippen molar-refractivity contribution in [2.45, 2.75) is 129 Å². The van der Waals surface area contributed by atoms with E-state index >= 15 is 0 Å². The van der Waals surface area contributed by atoms with Crippen molar-refractivity contribution < 1.29 is 15.3 Å². The van der Waals surface area contributed by atoms with Crippen LogP contribution in [0.25, 0.3) is 0 Å². The molecule has 3 fully saturated rings. The molecule has 6 atom stereocenters. The molecule has 0 aromatic carbocycles. The van der Waals surface area contributed by atoms with E-state index in [0.717, 1.165) is 43.1 Å². The summed E-state index contributed by atoms with van der Waals surface area (Å²) in [6, 6.07) is 0. The summed E-state index contributed by atoms with van der Waals surface area (Å²) in [4.78, 5) is 0. The molecule has 188 valence electrons. The molecule has 3 aliphatic rings. The molecule has 0 aromatic rings. The highest BCUT2D eigenvalue weighted by Crippen LogP contribution is 2.60. The number of aliphatic hydroxyl groups excluding tert-OH is 2. The lowest BCUT2D eigenvalue weighted by Gasteiger charge is -2.44. The van der Waals surface area contributed by atoms with E-state index in [9.17, 15) is 15.3 Å². The van der Waals surface area contributed by atoms with Crippen molar-refractivity contribution in [2.24, 2.45) is 23.2 Å². The number of unbranched alkanes of at least 4 members (excludes halogenated alkanes) is 1. The Bertz CT molecular complexity index is 715. The molecule has 3 heteroatoms. The molecule has 0 saturated heterocycles. The van der Waals surface area contributed by atoms with Crippen molar-refractivity contribution in [1.82, 2.24) is 0 Å². The van der Waals surface area contributed by atoms with Crippen LogP contribution in [0, 0.1) is 23.2 Å². The van der Waals surface area contributed by atoms with E-state index in [0.29, 0.717) is 29.7 Å².